The zero-order valence-corrected chi connectivity index (χ0v) is 12.6. The lowest BCUT2D eigenvalue weighted by Crippen LogP contribution is -2.27. The van der Waals surface area contributed by atoms with Crippen molar-refractivity contribution in [2.24, 2.45) is 5.73 Å². The second kappa shape index (κ2) is 6.90. The maximum atomic E-state index is 14.0. The molecule has 0 saturated heterocycles. The predicted molar refractivity (Wildman–Crippen MR) is 78.8 cm³/mol. The van der Waals surface area contributed by atoms with Crippen LogP contribution in [0.1, 0.15) is 38.9 Å². The number of hydrogen-bond donors (Lipinski definition) is 2. The summed E-state index contributed by atoms with van der Waals surface area (Å²) in [5, 5.41) is 2.92. The zero-order valence-electron chi connectivity index (χ0n) is 11.9. The van der Waals surface area contributed by atoms with E-state index < -0.39 is 17.9 Å². The number of carbonyl (C=O) groups excluding carboxylic acids is 1. The standard InChI is InChI=1S/C14H20ClFN2O2/c1-14(2,3)20-13(19)18-12-8-9(15)4-5-10(12)11(16)6-7-17/h4-5,8,11H,6-7,17H2,1-3H3,(H,18,19). The molecular weight excluding hydrogens is 283 g/mol. The highest BCUT2D eigenvalue weighted by atomic mass is 35.5. The maximum Gasteiger partial charge on any atom is 0.412 e. The molecule has 1 rings (SSSR count). The van der Waals surface area contributed by atoms with Crippen molar-refractivity contribution in [2.75, 3.05) is 11.9 Å². The molecule has 0 aliphatic carbocycles. The van der Waals surface area contributed by atoms with Crippen molar-refractivity contribution < 1.29 is 13.9 Å². The van der Waals surface area contributed by atoms with E-state index in [-0.39, 0.29) is 13.0 Å². The minimum Gasteiger partial charge on any atom is -0.444 e. The van der Waals surface area contributed by atoms with E-state index in [4.69, 9.17) is 22.1 Å². The third-order valence-electron chi connectivity index (χ3n) is 2.41. The van der Waals surface area contributed by atoms with Gasteiger partial charge in [0.2, 0.25) is 0 Å². The molecule has 112 valence electrons. The molecule has 0 heterocycles. The van der Waals surface area contributed by atoms with Crippen LogP contribution in [0.15, 0.2) is 18.2 Å². The first-order valence-electron chi connectivity index (χ1n) is 6.36. The van der Waals surface area contributed by atoms with Crippen LogP contribution in [-0.2, 0) is 4.74 Å². The number of nitrogens with one attached hydrogen (secondary N) is 1. The van der Waals surface area contributed by atoms with Crippen molar-refractivity contribution >= 4 is 23.4 Å². The van der Waals surface area contributed by atoms with Crippen molar-refractivity contribution in [2.45, 2.75) is 39.0 Å². The molecule has 0 aliphatic rings. The summed E-state index contributed by atoms with van der Waals surface area (Å²) in [5.41, 5.74) is 5.36. The van der Waals surface area contributed by atoms with E-state index >= 15 is 0 Å². The van der Waals surface area contributed by atoms with Crippen LogP contribution in [0.3, 0.4) is 0 Å². The van der Waals surface area contributed by atoms with E-state index in [2.05, 4.69) is 5.32 Å². The van der Waals surface area contributed by atoms with Crippen molar-refractivity contribution in [3.63, 3.8) is 0 Å². The van der Waals surface area contributed by atoms with Crippen molar-refractivity contribution in [1.29, 1.82) is 0 Å². The second-order valence-electron chi connectivity index (χ2n) is 5.40. The normalized spacial score (nSPS) is 12.9. The Hall–Kier alpha value is -1.33. The number of halogens is 2. The molecule has 1 aromatic rings. The zero-order chi connectivity index (χ0) is 15.3. The van der Waals surface area contributed by atoms with E-state index in [1.54, 1.807) is 26.8 Å². The number of ether oxygens (including phenoxy) is 1. The Labute approximate surface area is 123 Å². The monoisotopic (exact) mass is 302 g/mol. The Bertz CT molecular complexity index is 475. The molecule has 0 aromatic heterocycles. The van der Waals surface area contributed by atoms with Crippen LogP contribution >= 0.6 is 11.6 Å². The van der Waals surface area contributed by atoms with Crippen LogP contribution < -0.4 is 11.1 Å². The SMILES string of the molecule is CC(C)(C)OC(=O)Nc1cc(Cl)ccc1C(F)CCN. The first-order chi connectivity index (χ1) is 9.23. The van der Waals surface area contributed by atoms with Gasteiger partial charge >= 0.3 is 6.09 Å². The van der Waals surface area contributed by atoms with Gasteiger partial charge in [0.05, 0.1) is 5.69 Å². The number of alkyl halides is 1. The third kappa shape index (κ3) is 5.35. The Morgan fingerprint density at radius 1 is 1.50 bits per heavy atom. The molecule has 1 aromatic carbocycles. The fourth-order valence-electron chi connectivity index (χ4n) is 1.63. The lowest BCUT2D eigenvalue weighted by Gasteiger charge is -2.21. The molecule has 1 atom stereocenters. The number of amides is 1. The van der Waals surface area contributed by atoms with Crippen LogP contribution in [0.4, 0.5) is 14.9 Å². The molecule has 0 bridgehead atoms. The summed E-state index contributed by atoms with van der Waals surface area (Å²) in [5.74, 6) is 0. The topological polar surface area (TPSA) is 64.3 Å². The van der Waals surface area contributed by atoms with Gasteiger partial charge < -0.3 is 10.5 Å². The molecule has 0 radical (unpaired) electrons. The van der Waals surface area contributed by atoms with Gasteiger partial charge in [0.25, 0.3) is 0 Å². The summed E-state index contributed by atoms with van der Waals surface area (Å²) >= 11 is 5.88. The summed E-state index contributed by atoms with van der Waals surface area (Å²) in [4.78, 5) is 11.7. The van der Waals surface area contributed by atoms with Gasteiger partial charge in [0.15, 0.2) is 0 Å². The molecule has 0 fully saturated rings. The molecule has 6 heteroatoms. The molecule has 1 unspecified atom stereocenters. The van der Waals surface area contributed by atoms with Crippen LogP contribution in [0.5, 0.6) is 0 Å². The highest BCUT2D eigenvalue weighted by Gasteiger charge is 2.20. The van der Waals surface area contributed by atoms with Crippen LogP contribution in [0.2, 0.25) is 5.02 Å². The predicted octanol–water partition coefficient (Wildman–Crippen LogP) is 4.05. The van der Waals surface area contributed by atoms with E-state index in [0.717, 1.165) is 0 Å². The first-order valence-corrected chi connectivity index (χ1v) is 6.74. The molecule has 0 spiro atoms. The highest BCUT2D eigenvalue weighted by Crippen LogP contribution is 2.31. The van der Waals surface area contributed by atoms with Gasteiger partial charge in [-0.2, -0.15) is 0 Å². The molecular formula is C14H20ClFN2O2. The Kier molecular flexibility index (Phi) is 5.77. The lowest BCUT2D eigenvalue weighted by atomic mass is 10.1. The van der Waals surface area contributed by atoms with Gasteiger partial charge in [-0.05, 0) is 45.9 Å². The minimum atomic E-state index is -1.26. The quantitative estimate of drug-likeness (QED) is 0.882. The van der Waals surface area contributed by atoms with Crippen LogP contribution in [0, 0.1) is 0 Å². The van der Waals surface area contributed by atoms with Crippen molar-refractivity contribution in [1.82, 2.24) is 0 Å². The van der Waals surface area contributed by atoms with E-state index in [1.807, 2.05) is 0 Å². The van der Waals surface area contributed by atoms with Crippen LogP contribution in [0.25, 0.3) is 0 Å². The highest BCUT2D eigenvalue weighted by molar-refractivity contribution is 6.31. The number of anilines is 1. The third-order valence-corrected chi connectivity index (χ3v) is 2.64. The van der Waals surface area contributed by atoms with Gasteiger partial charge in [-0.3, -0.25) is 5.32 Å². The van der Waals surface area contributed by atoms with E-state index in [9.17, 15) is 9.18 Å². The average molecular weight is 303 g/mol. The van der Waals surface area contributed by atoms with Gasteiger partial charge in [-0.1, -0.05) is 17.7 Å². The van der Waals surface area contributed by atoms with Crippen molar-refractivity contribution in [3.05, 3.63) is 28.8 Å². The Morgan fingerprint density at radius 3 is 2.70 bits per heavy atom. The maximum absolute atomic E-state index is 14.0. The fourth-order valence-corrected chi connectivity index (χ4v) is 1.80. The Balaban J connectivity index is 2.92. The smallest absolute Gasteiger partial charge is 0.412 e. The van der Waals surface area contributed by atoms with E-state index in [1.165, 1.54) is 12.1 Å². The van der Waals surface area contributed by atoms with E-state index in [0.29, 0.717) is 16.3 Å². The molecule has 0 aliphatic heterocycles. The number of hydrogen-bond acceptors (Lipinski definition) is 3. The van der Waals surface area contributed by atoms with Crippen LogP contribution in [-0.4, -0.2) is 18.2 Å². The number of rotatable bonds is 4. The number of nitrogens with two attached hydrogens (primary N) is 1. The second-order valence-corrected chi connectivity index (χ2v) is 5.84. The molecule has 3 N–H and O–H groups in total. The molecule has 4 nitrogen and oxygen atoms in total. The molecule has 0 saturated carbocycles. The summed E-state index contributed by atoms with van der Waals surface area (Å²) in [6, 6.07) is 4.60. The van der Waals surface area contributed by atoms with Crippen molar-refractivity contribution in [3.8, 4) is 0 Å². The average Bonchev–Trinajstić information content (AvgIpc) is 2.26. The Morgan fingerprint density at radius 2 is 2.15 bits per heavy atom. The first kappa shape index (κ1) is 16.7. The lowest BCUT2D eigenvalue weighted by molar-refractivity contribution is 0.0635. The van der Waals surface area contributed by atoms with Gasteiger partial charge in [0, 0.05) is 10.6 Å². The number of carbonyl (C=O) groups is 1. The largest absolute Gasteiger partial charge is 0.444 e. The summed E-state index contributed by atoms with van der Waals surface area (Å²) in [7, 11) is 0. The summed E-state index contributed by atoms with van der Waals surface area (Å²) < 4.78 is 19.1. The molecule has 20 heavy (non-hydrogen) atoms. The minimum absolute atomic E-state index is 0.171. The van der Waals surface area contributed by atoms with Gasteiger partial charge in [-0.25, -0.2) is 9.18 Å². The van der Waals surface area contributed by atoms with Gasteiger partial charge in [0.1, 0.15) is 11.8 Å². The fraction of sp³-hybridized carbons (Fsp3) is 0.500. The summed E-state index contributed by atoms with van der Waals surface area (Å²) in [6.45, 7) is 5.46. The van der Waals surface area contributed by atoms with Gasteiger partial charge in [-0.15, -0.1) is 0 Å². The summed E-state index contributed by atoms with van der Waals surface area (Å²) in [6.07, 6.45) is -1.74. The number of benzene rings is 1. The molecule has 1 amide bonds.